The first-order valence-corrected chi connectivity index (χ1v) is 9.33. The lowest BCUT2D eigenvalue weighted by molar-refractivity contribution is -0.205. The van der Waals surface area contributed by atoms with E-state index in [2.05, 4.69) is 27.1 Å². The Kier molecular flexibility index (Phi) is 3.11. The molecule has 1 aliphatic carbocycles. The molecule has 25 heavy (non-hydrogen) atoms. The van der Waals surface area contributed by atoms with Gasteiger partial charge in [-0.15, -0.1) is 0 Å². The zero-order valence-electron chi connectivity index (χ0n) is 15.0. The Bertz CT molecular complexity index is 731. The number of carbonyl (C=O) groups is 1. The number of nitrogens with zero attached hydrogens (tertiary/aromatic N) is 2. The van der Waals surface area contributed by atoms with Crippen LogP contribution < -0.4 is 10.6 Å². The second-order valence-corrected chi connectivity index (χ2v) is 8.44. The van der Waals surface area contributed by atoms with Crippen LogP contribution in [0.25, 0.3) is 0 Å². The molecule has 7 heteroatoms. The van der Waals surface area contributed by atoms with E-state index in [1.807, 2.05) is 6.92 Å². The fraction of sp³-hybridized carbons (Fsp3) is 0.778. The highest BCUT2D eigenvalue weighted by atomic mass is 16.6. The van der Waals surface area contributed by atoms with Crippen LogP contribution in [-0.4, -0.2) is 45.5 Å². The molecule has 4 aliphatic heterocycles. The first kappa shape index (κ1) is 15.6. The van der Waals surface area contributed by atoms with Crippen LogP contribution in [0, 0.1) is 6.92 Å². The second-order valence-electron chi connectivity index (χ2n) is 8.44. The van der Waals surface area contributed by atoms with Gasteiger partial charge in [0.05, 0.1) is 36.6 Å². The number of amides is 2. The number of hydrogen-bond donors (Lipinski definition) is 2. The van der Waals surface area contributed by atoms with Crippen LogP contribution >= 0.6 is 0 Å². The minimum Gasteiger partial charge on any atom is -0.375 e. The van der Waals surface area contributed by atoms with Crippen LogP contribution in [0.15, 0.2) is 0 Å². The Balaban J connectivity index is 1.25. The number of ether oxygens (including phenoxy) is 2. The maximum atomic E-state index is 12.6. The van der Waals surface area contributed by atoms with Crippen molar-refractivity contribution in [3.8, 4) is 0 Å². The van der Waals surface area contributed by atoms with Gasteiger partial charge in [-0.3, -0.25) is 0 Å². The lowest BCUT2D eigenvalue weighted by Crippen LogP contribution is -2.72. The van der Waals surface area contributed by atoms with E-state index >= 15 is 0 Å². The summed E-state index contributed by atoms with van der Waals surface area (Å²) in [6, 6.07) is -0.131. The molecular weight excluding hydrogens is 320 g/mol. The van der Waals surface area contributed by atoms with Gasteiger partial charge in [0.1, 0.15) is 11.4 Å². The molecule has 0 unspecified atom stereocenters. The average Bonchev–Trinajstić information content (AvgIpc) is 3.07. The molecule has 136 valence electrons. The van der Waals surface area contributed by atoms with E-state index < -0.39 is 0 Å². The van der Waals surface area contributed by atoms with Gasteiger partial charge >= 0.3 is 6.03 Å². The Morgan fingerprint density at radius 3 is 2.84 bits per heavy atom. The molecule has 2 N–H and O–H groups in total. The number of aromatic nitrogens is 2. The summed E-state index contributed by atoms with van der Waals surface area (Å²) in [7, 11) is 0. The maximum absolute atomic E-state index is 12.6. The van der Waals surface area contributed by atoms with Crippen LogP contribution in [0.1, 0.15) is 49.8 Å². The minimum absolute atomic E-state index is 0.100. The van der Waals surface area contributed by atoms with Crippen LogP contribution in [0.4, 0.5) is 4.79 Å². The zero-order valence-corrected chi connectivity index (χ0v) is 15.0. The zero-order chi connectivity index (χ0) is 17.3. The molecule has 6 rings (SSSR count). The summed E-state index contributed by atoms with van der Waals surface area (Å²) in [5.74, 6) is 1.05. The van der Waals surface area contributed by atoms with Crippen molar-refractivity contribution in [2.24, 2.45) is 0 Å². The standard InChI is InChI=1S/C18H26N4O3/c1-12-20-13(14-5-3-4-6-22(12)14)7-19-15(23)21-17-8-16(2,9-17)25-18(17)10-24-11-18/h3-11H2,1-2H3,(H2,19,21,23). The number of aryl methyl sites for hydroxylation is 1. The first-order valence-electron chi connectivity index (χ1n) is 9.33. The largest absolute Gasteiger partial charge is 0.375 e. The molecule has 0 atom stereocenters. The molecule has 7 nitrogen and oxygen atoms in total. The predicted octanol–water partition coefficient (Wildman–Crippen LogP) is 1.42. The Hall–Kier alpha value is -1.60. The van der Waals surface area contributed by atoms with E-state index in [0.717, 1.165) is 37.3 Å². The van der Waals surface area contributed by atoms with Crippen LogP contribution in [-0.2, 0) is 29.0 Å². The molecular formula is C18H26N4O3. The van der Waals surface area contributed by atoms with Crippen LogP contribution in [0.3, 0.4) is 0 Å². The molecule has 3 saturated heterocycles. The summed E-state index contributed by atoms with van der Waals surface area (Å²) in [5.41, 5.74) is 1.60. The van der Waals surface area contributed by atoms with Gasteiger partial charge in [0.15, 0.2) is 0 Å². The van der Waals surface area contributed by atoms with Gasteiger partial charge in [-0.2, -0.15) is 0 Å². The van der Waals surface area contributed by atoms with E-state index in [0.29, 0.717) is 19.8 Å². The van der Waals surface area contributed by atoms with Gasteiger partial charge in [0.2, 0.25) is 0 Å². The van der Waals surface area contributed by atoms with Gasteiger partial charge in [0.25, 0.3) is 0 Å². The Morgan fingerprint density at radius 2 is 2.12 bits per heavy atom. The number of urea groups is 1. The fourth-order valence-corrected chi connectivity index (χ4v) is 5.39. The summed E-state index contributed by atoms with van der Waals surface area (Å²) in [5, 5.41) is 6.22. The van der Waals surface area contributed by atoms with Crippen molar-refractivity contribution in [3.05, 3.63) is 17.2 Å². The molecule has 0 radical (unpaired) electrons. The highest BCUT2D eigenvalue weighted by molar-refractivity contribution is 5.75. The predicted molar refractivity (Wildman–Crippen MR) is 90.3 cm³/mol. The van der Waals surface area contributed by atoms with E-state index in [-0.39, 0.29) is 22.8 Å². The third kappa shape index (κ3) is 2.11. The number of hydrogen-bond acceptors (Lipinski definition) is 4. The number of nitrogens with one attached hydrogen (secondary N) is 2. The van der Waals surface area contributed by atoms with Crippen molar-refractivity contribution in [2.75, 3.05) is 13.2 Å². The molecule has 1 spiro atoms. The van der Waals surface area contributed by atoms with E-state index in [9.17, 15) is 4.79 Å². The topological polar surface area (TPSA) is 77.4 Å². The van der Waals surface area contributed by atoms with Crippen molar-refractivity contribution in [3.63, 3.8) is 0 Å². The van der Waals surface area contributed by atoms with Crippen LogP contribution in [0.2, 0.25) is 0 Å². The Morgan fingerprint density at radius 1 is 1.32 bits per heavy atom. The smallest absolute Gasteiger partial charge is 0.315 e. The van der Waals surface area contributed by atoms with Crippen molar-refractivity contribution in [2.45, 2.75) is 75.8 Å². The van der Waals surface area contributed by atoms with Gasteiger partial charge in [-0.25, -0.2) is 9.78 Å². The molecule has 1 aromatic rings. The van der Waals surface area contributed by atoms with Gasteiger partial charge < -0.3 is 24.7 Å². The summed E-state index contributed by atoms with van der Waals surface area (Å²) in [6.07, 6.45) is 5.20. The third-order valence-electron chi connectivity index (χ3n) is 6.50. The SMILES string of the molecule is Cc1nc(CNC(=O)NC23CC(C)(C2)OC32COC2)c2n1CCCC2. The van der Waals surface area contributed by atoms with Crippen molar-refractivity contribution in [1.82, 2.24) is 20.2 Å². The summed E-state index contributed by atoms with van der Waals surface area (Å²) in [4.78, 5) is 17.2. The van der Waals surface area contributed by atoms with Crippen molar-refractivity contribution >= 4 is 6.03 Å². The molecule has 1 saturated carbocycles. The number of carbonyl (C=O) groups excluding carboxylic acids is 1. The summed E-state index contributed by atoms with van der Waals surface area (Å²) >= 11 is 0. The summed E-state index contributed by atoms with van der Waals surface area (Å²) < 4.78 is 13.9. The monoisotopic (exact) mass is 346 g/mol. The number of fused-ring (bicyclic) bond motifs is 1. The Labute approximate surface area is 147 Å². The molecule has 5 aliphatic rings. The van der Waals surface area contributed by atoms with E-state index in [1.54, 1.807) is 0 Å². The quantitative estimate of drug-likeness (QED) is 0.868. The lowest BCUT2D eigenvalue weighted by atomic mass is 9.62. The third-order valence-corrected chi connectivity index (χ3v) is 6.50. The van der Waals surface area contributed by atoms with Gasteiger partial charge in [-0.1, -0.05) is 0 Å². The highest BCUT2D eigenvalue weighted by Crippen LogP contribution is 2.62. The fourth-order valence-electron chi connectivity index (χ4n) is 5.39. The van der Waals surface area contributed by atoms with E-state index in [4.69, 9.17) is 9.47 Å². The lowest BCUT2D eigenvalue weighted by Gasteiger charge is -2.50. The molecule has 1 aromatic heterocycles. The van der Waals surface area contributed by atoms with Crippen molar-refractivity contribution in [1.29, 1.82) is 0 Å². The highest BCUT2D eigenvalue weighted by Gasteiger charge is 2.76. The van der Waals surface area contributed by atoms with Gasteiger partial charge in [-0.05, 0) is 33.1 Å². The van der Waals surface area contributed by atoms with Crippen molar-refractivity contribution < 1.29 is 14.3 Å². The molecule has 0 aromatic carbocycles. The number of rotatable bonds is 3. The first-order chi connectivity index (χ1) is 11.9. The molecule has 4 fully saturated rings. The molecule has 2 amide bonds. The maximum Gasteiger partial charge on any atom is 0.315 e. The second kappa shape index (κ2) is 4.98. The normalized spacial score (nSPS) is 34.2. The van der Waals surface area contributed by atoms with Crippen LogP contribution in [0.5, 0.6) is 0 Å². The van der Waals surface area contributed by atoms with Gasteiger partial charge in [0, 0.05) is 25.1 Å². The molecule has 5 heterocycles. The number of imidazole rings is 1. The summed E-state index contributed by atoms with van der Waals surface area (Å²) in [6.45, 7) is 6.85. The van der Waals surface area contributed by atoms with E-state index in [1.165, 1.54) is 18.5 Å². The minimum atomic E-state index is -0.316. The average molecular weight is 346 g/mol. The molecule has 2 bridgehead atoms.